The van der Waals surface area contributed by atoms with Gasteiger partial charge in [-0.1, -0.05) is 12.8 Å². The van der Waals surface area contributed by atoms with Crippen molar-refractivity contribution < 1.29 is 0 Å². The van der Waals surface area contributed by atoms with Crippen LogP contribution in [0.1, 0.15) is 25.7 Å². The fourth-order valence-corrected chi connectivity index (χ4v) is 5.55. The zero-order valence-corrected chi connectivity index (χ0v) is 20.7. The Labute approximate surface area is 210 Å². The molecule has 186 valence electrons. The molecule has 3 aromatic rings. The summed E-state index contributed by atoms with van der Waals surface area (Å²) in [7, 11) is 2.16. The van der Waals surface area contributed by atoms with Crippen molar-refractivity contribution >= 4 is 28.4 Å². The van der Waals surface area contributed by atoms with E-state index < -0.39 is 0 Å². The first-order chi connectivity index (χ1) is 17.6. The molecule has 2 aromatic heterocycles. The predicted molar refractivity (Wildman–Crippen MR) is 142 cm³/mol. The SMILES string of the molecule is CN1CCN(c2ccc(Nc3ncc4ccc(=O)n(CC5=CN=NC5C5CCCC5)c4n3)cc2)CC1. The number of piperazine rings is 1. The van der Waals surface area contributed by atoms with Crippen molar-refractivity contribution in [3.05, 3.63) is 64.7 Å². The molecule has 36 heavy (non-hydrogen) atoms. The monoisotopic (exact) mass is 484 g/mol. The number of rotatable bonds is 6. The smallest absolute Gasteiger partial charge is 0.252 e. The molecule has 1 aliphatic carbocycles. The van der Waals surface area contributed by atoms with Crippen LogP contribution >= 0.6 is 0 Å². The molecule has 1 unspecified atom stereocenters. The Morgan fingerprint density at radius 3 is 2.56 bits per heavy atom. The van der Waals surface area contributed by atoms with E-state index in [2.05, 4.69) is 61.6 Å². The Hall–Kier alpha value is -3.59. The van der Waals surface area contributed by atoms with Crippen LogP contribution in [0.2, 0.25) is 0 Å². The first-order valence-corrected chi connectivity index (χ1v) is 12.9. The van der Waals surface area contributed by atoms with Gasteiger partial charge in [0.2, 0.25) is 5.95 Å². The standard InChI is InChI=1S/C27H32N8O/c1-33-12-14-34(15-13-33)23-9-7-22(8-10-23)30-27-28-16-20-6-11-24(36)35(26(20)31-27)18-21-17-29-32-25(21)19-4-2-3-5-19/h6-11,16-17,19,25H,2-5,12-15,18H2,1H3,(H,28,30,31). The third-order valence-corrected chi connectivity index (χ3v) is 7.70. The van der Waals surface area contributed by atoms with Crippen LogP contribution in [0, 0.1) is 5.92 Å². The van der Waals surface area contributed by atoms with Crippen LogP contribution in [0.4, 0.5) is 17.3 Å². The molecule has 1 atom stereocenters. The van der Waals surface area contributed by atoms with Gasteiger partial charge < -0.3 is 15.1 Å². The molecule has 0 radical (unpaired) electrons. The molecule has 2 aliphatic heterocycles. The summed E-state index contributed by atoms with van der Waals surface area (Å²) in [5.74, 6) is 0.991. The number of anilines is 3. The van der Waals surface area contributed by atoms with E-state index in [1.165, 1.54) is 31.4 Å². The average molecular weight is 485 g/mol. The second-order valence-corrected chi connectivity index (χ2v) is 10.1. The maximum atomic E-state index is 12.9. The zero-order chi connectivity index (χ0) is 24.5. The van der Waals surface area contributed by atoms with E-state index in [9.17, 15) is 4.79 Å². The van der Waals surface area contributed by atoms with Crippen molar-refractivity contribution in [2.75, 3.05) is 43.4 Å². The third kappa shape index (κ3) is 4.63. The van der Waals surface area contributed by atoms with Gasteiger partial charge in [-0.05, 0) is 61.7 Å². The summed E-state index contributed by atoms with van der Waals surface area (Å²) in [6.07, 6.45) is 8.44. The second kappa shape index (κ2) is 9.81. The highest BCUT2D eigenvalue weighted by atomic mass is 16.1. The van der Waals surface area contributed by atoms with Gasteiger partial charge in [0.1, 0.15) is 5.65 Å². The summed E-state index contributed by atoms with van der Waals surface area (Å²) in [5, 5.41) is 12.8. The van der Waals surface area contributed by atoms with Crippen LogP contribution < -0.4 is 15.8 Å². The van der Waals surface area contributed by atoms with Gasteiger partial charge in [0.05, 0.1) is 18.8 Å². The Morgan fingerprint density at radius 2 is 1.78 bits per heavy atom. The molecule has 0 bridgehead atoms. The number of nitrogens with zero attached hydrogens (tertiary/aromatic N) is 7. The molecular formula is C27H32N8O. The number of aromatic nitrogens is 3. The van der Waals surface area contributed by atoms with Gasteiger partial charge in [0.25, 0.3) is 5.56 Å². The van der Waals surface area contributed by atoms with Crippen molar-refractivity contribution in [1.82, 2.24) is 19.4 Å². The number of nitrogens with one attached hydrogen (secondary N) is 1. The van der Waals surface area contributed by atoms with E-state index in [0.29, 0.717) is 24.1 Å². The number of likely N-dealkylation sites (N-methyl/N-ethyl adjacent to an activating group) is 1. The van der Waals surface area contributed by atoms with Crippen LogP contribution in [-0.2, 0) is 6.54 Å². The lowest BCUT2D eigenvalue weighted by Crippen LogP contribution is -2.44. The lowest BCUT2D eigenvalue weighted by Gasteiger charge is -2.34. The summed E-state index contributed by atoms with van der Waals surface area (Å²) in [6.45, 7) is 4.67. The van der Waals surface area contributed by atoms with Gasteiger partial charge in [-0.15, -0.1) is 0 Å². The van der Waals surface area contributed by atoms with Crippen molar-refractivity contribution in [1.29, 1.82) is 0 Å². The second-order valence-electron chi connectivity index (χ2n) is 10.1. The minimum absolute atomic E-state index is 0.0768. The minimum Gasteiger partial charge on any atom is -0.369 e. The Bertz CT molecular complexity index is 1350. The van der Waals surface area contributed by atoms with E-state index in [1.807, 2.05) is 6.20 Å². The average Bonchev–Trinajstić information content (AvgIpc) is 3.59. The van der Waals surface area contributed by atoms with Crippen LogP contribution in [-0.4, -0.2) is 58.7 Å². The number of benzene rings is 1. The molecule has 1 N–H and O–H groups in total. The summed E-state index contributed by atoms with van der Waals surface area (Å²) >= 11 is 0. The number of pyridine rings is 1. The fourth-order valence-electron chi connectivity index (χ4n) is 5.55. The van der Waals surface area contributed by atoms with E-state index in [1.54, 1.807) is 22.9 Å². The predicted octanol–water partition coefficient (Wildman–Crippen LogP) is 4.20. The van der Waals surface area contributed by atoms with E-state index in [-0.39, 0.29) is 11.6 Å². The van der Waals surface area contributed by atoms with E-state index >= 15 is 0 Å². The maximum absolute atomic E-state index is 12.9. The molecule has 1 saturated heterocycles. The lowest BCUT2D eigenvalue weighted by molar-refractivity contribution is 0.313. The number of fused-ring (bicyclic) bond motifs is 1. The van der Waals surface area contributed by atoms with Gasteiger partial charge in [-0.25, -0.2) is 4.98 Å². The quantitative estimate of drug-likeness (QED) is 0.564. The molecule has 3 aliphatic rings. The van der Waals surface area contributed by atoms with Crippen LogP contribution in [0.15, 0.2) is 69.4 Å². The van der Waals surface area contributed by atoms with Crippen molar-refractivity contribution in [3.8, 4) is 0 Å². The van der Waals surface area contributed by atoms with Crippen LogP contribution in [0.5, 0.6) is 0 Å². The van der Waals surface area contributed by atoms with Crippen molar-refractivity contribution in [2.45, 2.75) is 38.3 Å². The molecule has 9 nitrogen and oxygen atoms in total. The highest BCUT2D eigenvalue weighted by molar-refractivity contribution is 5.76. The topological polar surface area (TPSA) is 91.0 Å². The minimum atomic E-state index is -0.0818. The molecule has 6 rings (SSSR count). The summed E-state index contributed by atoms with van der Waals surface area (Å²) < 4.78 is 1.73. The van der Waals surface area contributed by atoms with E-state index in [4.69, 9.17) is 4.98 Å². The first kappa shape index (κ1) is 22.8. The van der Waals surface area contributed by atoms with Gasteiger partial charge in [0, 0.05) is 55.2 Å². The number of hydrogen-bond acceptors (Lipinski definition) is 8. The highest BCUT2D eigenvalue weighted by Gasteiger charge is 2.30. The molecular weight excluding hydrogens is 452 g/mol. The third-order valence-electron chi connectivity index (χ3n) is 7.70. The molecule has 4 heterocycles. The van der Waals surface area contributed by atoms with Gasteiger partial charge in [-0.3, -0.25) is 9.36 Å². The maximum Gasteiger partial charge on any atom is 0.252 e. The van der Waals surface area contributed by atoms with Crippen LogP contribution in [0.25, 0.3) is 11.0 Å². The number of azo groups is 1. The molecule has 1 aromatic carbocycles. The normalized spacial score (nSPS) is 20.9. The largest absolute Gasteiger partial charge is 0.369 e. The molecule has 2 fully saturated rings. The molecule has 9 heteroatoms. The highest BCUT2D eigenvalue weighted by Crippen LogP contribution is 2.35. The Balaban J connectivity index is 1.22. The zero-order valence-electron chi connectivity index (χ0n) is 20.7. The van der Waals surface area contributed by atoms with Crippen molar-refractivity contribution in [3.63, 3.8) is 0 Å². The van der Waals surface area contributed by atoms with Gasteiger partial charge >= 0.3 is 0 Å². The van der Waals surface area contributed by atoms with Gasteiger partial charge in [-0.2, -0.15) is 15.2 Å². The molecule has 1 saturated carbocycles. The Kier molecular flexibility index (Phi) is 6.23. The Morgan fingerprint density at radius 1 is 1.00 bits per heavy atom. The van der Waals surface area contributed by atoms with Crippen molar-refractivity contribution in [2.24, 2.45) is 16.1 Å². The van der Waals surface area contributed by atoms with Gasteiger partial charge in [0.15, 0.2) is 0 Å². The molecule has 0 spiro atoms. The summed E-state index contributed by atoms with van der Waals surface area (Å²) in [5.41, 5.74) is 3.76. The lowest BCUT2D eigenvalue weighted by atomic mass is 9.93. The summed E-state index contributed by atoms with van der Waals surface area (Å²) in [4.78, 5) is 26.9. The summed E-state index contributed by atoms with van der Waals surface area (Å²) in [6, 6.07) is 11.8. The van der Waals surface area contributed by atoms with Crippen LogP contribution in [0.3, 0.4) is 0 Å². The number of hydrogen-bond donors (Lipinski definition) is 1. The van der Waals surface area contributed by atoms with E-state index in [0.717, 1.165) is 42.8 Å². The fraction of sp³-hybridized carbons (Fsp3) is 0.444. The molecule has 0 amide bonds. The first-order valence-electron chi connectivity index (χ1n) is 12.9.